The van der Waals surface area contributed by atoms with Gasteiger partial charge in [0, 0.05) is 12.6 Å². The lowest BCUT2D eigenvalue weighted by molar-refractivity contribution is -0.142. The monoisotopic (exact) mass is 272 g/mol. The van der Waals surface area contributed by atoms with Gasteiger partial charge in [-0.2, -0.15) is 0 Å². The van der Waals surface area contributed by atoms with Crippen LogP contribution in [0.4, 0.5) is 4.79 Å². The number of ether oxygens (including phenoxy) is 2. The molecular weight excluding hydrogens is 252 g/mol. The second-order valence-electron chi connectivity index (χ2n) is 5.11. The summed E-state index contributed by atoms with van der Waals surface area (Å²) in [5.74, 6) is -1.61. The molecule has 0 radical (unpaired) electrons. The minimum Gasteiger partial charge on any atom is -0.481 e. The molecule has 0 aliphatic carbocycles. The van der Waals surface area contributed by atoms with Crippen LogP contribution in [-0.4, -0.2) is 55.1 Å². The molecule has 7 nitrogen and oxygen atoms in total. The van der Waals surface area contributed by atoms with Gasteiger partial charge in [0.1, 0.15) is 5.92 Å². The molecule has 2 amide bonds. The molecule has 0 spiro atoms. The molecule has 4 atom stereocenters. The van der Waals surface area contributed by atoms with Crippen molar-refractivity contribution in [2.24, 2.45) is 5.92 Å². The molecule has 2 saturated heterocycles. The number of carboxylic acids is 1. The summed E-state index contributed by atoms with van der Waals surface area (Å²) in [7, 11) is 0. The number of nitrogens with one attached hydrogen (secondary N) is 2. The van der Waals surface area contributed by atoms with Crippen LogP contribution in [0, 0.1) is 5.92 Å². The normalized spacial score (nSPS) is 34.8. The molecule has 19 heavy (non-hydrogen) atoms. The molecule has 2 fully saturated rings. The number of rotatable bonds is 3. The number of hydrogen-bond donors (Lipinski definition) is 3. The van der Waals surface area contributed by atoms with E-state index in [1.165, 1.54) is 0 Å². The summed E-state index contributed by atoms with van der Waals surface area (Å²) in [6.07, 6.45) is 1.69. The molecule has 0 bridgehead atoms. The molecule has 2 aliphatic heterocycles. The largest absolute Gasteiger partial charge is 0.481 e. The Morgan fingerprint density at radius 1 is 1.26 bits per heavy atom. The van der Waals surface area contributed by atoms with E-state index in [1.54, 1.807) is 0 Å². The van der Waals surface area contributed by atoms with E-state index in [4.69, 9.17) is 14.6 Å². The van der Waals surface area contributed by atoms with Crippen LogP contribution >= 0.6 is 0 Å². The summed E-state index contributed by atoms with van der Waals surface area (Å²) >= 11 is 0. The highest BCUT2D eigenvalue weighted by Gasteiger charge is 2.35. The van der Waals surface area contributed by atoms with Gasteiger partial charge in [-0.05, 0) is 19.8 Å². The molecule has 108 valence electrons. The highest BCUT2D eigenvalue weighted by molar-refractivity contribution is 5.77. The lowest BCUT2D eigenvalue weighted by Gasteiger charge is -2.28. The van der Waals surface area contributed by atoms with Gasteiger partial charge in [0.05, 0.1) is 25.4 Å². The predicted octanol–water partition coefficient (Wildman–Crippen LogP) is -0.0473. The second-order valence-corrected chi connectivity index (χ2v) is 5.11. The van der Waals surface area contributed by atoms with Crippen LogP contribution in [0.25, 0.3) is 0 Å². The van der Waals surface area contributed by atoms with Gasteiger partial charge < -0.3 is 25.2 Å². The molecule has 7 heteroatoms. The molecule has 0 aromatic rings. The van der Waals surface area contributed by atoms with Crippen LogP contribution in [-0.2, 0) is 14.3 Å². The lowest BCUT2D eigenvalue weighted by Crippen LogP contribution is -2.51. The number of hydrogen-bond acceptors (Lipinski definition) is 4. The maximum atomic E-state index is 11.8. The lowest BCUT2D eigenvalue weighted by atomic mass is 10.0. The van der Waals surface area contributed by atoms with Crippen LogP contribution < -0.4 is 10.6 Å². The fourth-order valence-electron chi connectivity index (χ4n) is 2.46. The second kappa shape index (κ2) is 6.21. The van der Waals surface area contributed by atoms with Gasteiger partial charge in [-0.3, -0.25) is 4.79 Å². The van der Waals surface area contributed by atoms with E-state index in [0.29, 0.717) is 6.61 Å². The third kappa shape index (κ3) is 3.81. The zero-order valence-electron chi connectivity index (χ0n) is 10.9. The Balaban J connectivity index is 1.79. The summed E-state index contributed by atoms with van der Waals surface area (Å²) in [5.41, 5.74) is 0. The van der Waals surface area contributed by atoms with Crippen molar-refractivity contribution in [3.05, 3.63) is 0 Å². The van der Waals surface area contributed by atoms with Crippen molar-refractivity contribution in [3.8, 4) is 0 Å². The Labute approximate surface area is 111 Å². The highest BCUT2D eigenvalue weighted by Crippen LogP contribution is 2.15. The molecule has 2 rings (SSSR count). The molecule has 0 aromatic carbocycles. The van der Waals surface area contributed by atoms with E-state index >= 15 is 0 Å². The zero-order chi connectivity index (χ0) is 13.8. The highest BCUT2D eigenvalue weighted by atomic mass is 16.5. The van der Waals surface area contributed by atoms with Gasteiger partial charge in [-0.1, -0.05) is 0 Å². The Kier molecular flexibility index (Phi) is 4.60. The fourth-order valence-corrected chi connectivity index (χ4v) is 2.46. The summed E-state index contributed by atoms with van der Waals surface area (Å²) in [6, 6.07) is -0.718. The van der Waals surface area contributed by atoms with E-state index in [1.807, 2.05) is 6.92 Å². The van der Waals surface area contributed by atoms with E-state index < -0.39 is 17.9 Å². The SMILES string of the molecule is CC1CC(NC(=O)NC2COCC2C(=O)O)CCO1. The van der Waals surface area contributed by atoms with Crippen molar-refractivity contribution < 1.29 is 24.2 Å². The van der Waals surface area contributed by atoms with Gasteiger partial charge in [0.15, 0.2) is 0 Å². The van der Waals surface area contributed by atoms with Gasteiger partial charge >= 0.3 is 12.0 Å². The smallest absolute Gasteiger partial charge is 0.315 e. The van der Waals surface area contributed by atoms with Crippen molar-refractivity contribution in [2.45, 2.75) is 38.0 Å². The van der Waals surface area contributed by atoms with Crippen molar-refractivity contribution in [1.82, 2.24) is 10.6 Å². The number of urea groups is 1. The van der Waals surface area contributed by atoms with Crippen LogP contribution in [0.2, 0.25) is 0 Å². The fraction of sp³-hybridized carbons (Fsp3) is 0.833. The van der Waals surface area contributed by atoms with E-state index in [9.17, 15) is 9.59 Å². The van der Waals surface area contributed by atoms with Gasteiger partial charge in [0.2, 0.25) is 0 Å². The summed E-state index contributed by atoms with van der Waals surface area (Å²) in [4.78, 5) is 22.8. The number of carbonyl (C=O) groups excluding carboxylic acids is 1. The molecule has 0 saturated carbocycles. The first-order chi connectivity index (χ1) is 9.06. The van der Waals surface area contributed by atoms with E-state index in [0.717, 1.165) is 12.8 Å². The molecule has 0 aromatic heterocycles. The molecule has 2 heterocycles. The number of carbonyl (C=O) groups is 2. The average Bonchev–Trinajstić information content (AvgIpc) is 2.76. The Hall–Kier alpha value is -1.34. The number of carboxylic acid groups (broad SMARTS) is 1. The Bertz CT molecular complexity index is 349. The third-order valence-corrected chi connectivity index (χ3v) is 3.53. The minimum atomic E-state index is -0.942. The third-order valence-electron chi connectivity index (χ3n) is 3.53. The summed E-state index contributed by atoms with van der Waals surface area (Å²) in [5, 5.41) is 14.5. The maximum absolute atomic E-state index is 11.8. The van der Waals surface area contributed by atoms with Crippen LogP contribution in [0.1, 0.15) is 19.8 Å². The first-order valence-corrected chi connectivity index (χ1v) is 6.55. The predicted molar refractivity (Wildman–Crippen MR) is 65.8 cm³/mol. The molecular formula is C12H20N2O5. The summed E-state index contributed by atoms with van der Waals surface area (Å²) < 4.78 is 10.5. The maximum Gasteiger partial charge on any atom is 0.315 e. The van der Waals surface area contributed by atoms with Gasteiger partial charge in [0.25, 0.3) is 0 Å². The van der Waals surface area contributed by atoms with Gasteiger partial charge in [-0.25, -0.2) is 4.79 Å². The molecule has 2 aliphatic rings. The zero-order valence-corrected chi connectivity index (χ0v) is 10.9. The average molecular weight is 272 g/mol. The molecule has 4 unspecified atom stereocenters. The van der Waals surface area contributed by atoms with Crippen molar-refractivity contribution >= 4 is 12.0 Å². The Morgan fingerprint density at radius 2 is 2.05 bits per heavy atom. The Morgan fingerprint density at radius 3 is 2.74 bits per heavy atom. The molecule has 3 N–H and O–H groups in total. The topological polar surface area (TPSA) is 96.9 Å². The van der Waals surface area contributed by atoms with E-state index in [2.05, 4.69) is 10.6 Å². The quantitative estimate of drug-likeness (QED) is 0.669. The van der Waals surface area contributed by atoms with Crippen molar-refractivity contribution in [1.29, 1.82) is 0 Å². The number of amides is 2. The van der Waals surface area contributed by atoms with Crippen molar-refractivity contribution in [3.63, 3.8) is 0 Å². The van der Waals surface area contributed by atoms with Crippen LogP contribution in [0.3, 0.4) is 0 Å². The first kappa shape index (κ1) is 14.1. The number of aliphatic carboxylic acids is 1. The van der Waals surface area contributed by atoms with Gasteiger partial charge in [-0.15, -0.1) is 0 Å². The van der Waals surface area contributed by atoms with Crippen LogP contribution in [0.5, 0.6) is 0 Å². The van der Waals surface area contributed by atoms with E-state index in [-0.39, 0.29) is 31.4 Å². The minimum absolute atomic E-state index is 0.0781. The summed E-state index contributed by atoms with van der Waals surface area (Å²) in [6.45, 7) is 3.00. The first-order valence-electron chi connectivity index (χ1n) is 6.55. The van der Waals surface area contributed by atoms with Crippen LogP contribution in [0.15, 0.2) is 0 Å². The van der Waals surface area contributed by atoms with Crippen molar-refractivity contribution in [2.75, 3.05) is 19.8 Å². The standard InChI is InChI=1S/C12H20N2O5/c1-7-4-8(2-3-19-7)13-12(17)14-10-6-18-5-9(10)11(15)16/h7-10H,2-6H2,1H3,(H,15,16)(H2,13,14,17).